The molecule has 4 rings (SSSR count). The molecule has 2 heterocycles. The maximum atomic E-state index is 12.6. The number of nitrogens with two attached hydrogens (primary N) is 1. The Kier molecular flexibility index (Phi) is 8.24. The van der Waals surface area contributed by atoms with E-state index in [1.165, 1.54) is 5.56 Å². The van der Waals surface area contributed by atoms with E-state index in [2.05, 4.69) is 54.1 Å². The molecule has 0 aliphatic heterocycles. The largest absolute Gasteiger partial charge is 0.493 e. The molecule has 0 unspecified atom stereocenters. The number of hydrogen-bond acceptors (Lipinski definition) is 7. The van der Waals surface area contributed by atoms with Gasteiger partial charge < -0.3 is 19.5 Å². The van der Waals surface area contributed by atoms with Gasteiger partial charge in [0.1, 0.15) is 11.3 Å². The van der Waals surface area contributed by atoms with E-state index in [9.17, 15) is 4.57 Å². The summed E-state index contributed by atoms with van der Waals surface area (Å²) in [4.78, 5) is 9.17. The molecule has 2 N–H and O–H groups in total. The summed E-state index contributed by atoms with van der Waals surface area (Å²) in [7, 11) is -3.10. The second-order valence-corrected chi connectivity index (χ2v) is 11.0. The van der Waals surface area contributed by atoms with Crippen LogP contribution in [0.3, 0.4) is 0 Å². The minimum Gasteiger partial charge on any atom is -0.493 e. The molecule has 0 aliphatic rings. The van der Waals surface area contributed by atoms with Crippen molar-refractivity contribution < 1.29 is 18.3 Å². The van der Waals surface area contributed by atoms with Crippen molar-refractivity contribution in [2.75, 3.05) is 31.7 Å². The lowest BCUT2D eigenvalue weighted by atomic mass is 9.99. The van der Waals surface area contributed by atoms with Crippen LogP contribution in [-0.2, 0) is 26.5 Å². The monoisotopic (exact) mass is 507 g/mol. The minimum atomic E-state index is -3.10. The Labute approximate surface area is 212 Å². The summed E-state index contributed by atoms with van der Waals surface area (Å²) in [6.07, 6.45) is 3.84. The highest BCUT2D eigenvalue weighted by Crippen LogP contribution is 2.47. The van der Waals surface area contributed by atoms with Gasteiger partial charge in [-0.2, -0.15) is 0 Å². The number of hydrogen-bond donors (Lipinski definition) is 1. The fraction of sp³-hybridized carbons (Fsp3) is 0.357. The molecule has 8 heteroatoms. The number of benzene rings is 2. The number of fused-ring (bicyclic) bond motifs is 3. The van der Waals surface area contributed by atoms with E-state index in [4.69, 9.17) is 19.5 Å². The summed E-state index contributed by atoms with van der Waals surface area (Å²) in [5.74, 6) is 1.20. The van der Waals surface area contributed by atoms with Crippen LogP contribution in [0.2, 0.25) is 0 Å². The summed E-state index contributed by atoms with van der Waals surface area (Å²) in [6, 6.07) is 14.5. The Hall–Kier alpha value is -2.99. The van der Waals surface area contributed by atoms with Crippen molar-refractivity contribution in [2.24, 2.45) is 0 Å². The van der Waals surface area contributed by atoms with Gasteiger partial charge in [-0.25, -0.2) is 4.98 Å². The second-order valence-electron chi connectivity index (χ2n) is 8.86. The van der Waals surface area contributed by atoms with Gasteiger partial charge in [-0.1, -0.05) is 18.2 Å². The fourth-order valence-corrected chi connectivity index (χ4v) is 5.79. The van der Waals surface area contributed by atoms with Crippen LogP contribution in [0, 0.1) is 13.8 Å². The Morgan fingerprint density at radius 3 is 2.44 bits per heavy atom. The molecule has 0 bridgehead atoms. The van der Waals surface area contributed by atoms with Gasteiger partial charge in [0.05, 0.1) is 31.5 Å². The number of anilines is 1. The lowest BCUT2D eigenvalue weighted by molar-refractivity contribution is 0.213. The number of nitrogens with zero attached hydrogens (tertiary/aromatic N) is 2. The zero-order valence-corrected chi connectivity index (χ0v) is 22.3. The Morgan fingerprint density at radius 2 is 1.72 bits per heavy atom. The predicted molar refractivity (Wildman–Crippen MR) is 146 cm³/mol. The minimum absolute atomic E-state index is 0.221. The van der Waals surface area contributed by atoms with Gasteiger partial charge in [-0.15, -0.1) is 0 Å². The molecular formula is C28H34N3O4P. The molecule has 0 radical (unpaired) electrons. The molecule has 36 heavy (non-hydrogen) atoms. The van der Waals surface area contributed by atoms with E-state index < -0.39 is 7.60 Å². The standard InChI is InChI=1S/C28H34N3O4P/c1-5-34-36(32,35-6-2)14-13-33-23-11-10-22(20(4)16-23)9-8-21-17-25-24-12-7-19(3)15-26(24)31-28(29)27(25)30-18-21/h7,10-12,15-18H,5-6,8-9,13-14H2,1-4H3,(H2,29,31). The highest BCUT2D eigenvalue weighted by Gasteiger charge is 2.23. The molecule has 7 nitrogen and oxygen atoms in total. The SMILES string of the molecule is CCOP(=O)(CCOc1ccc(CCc2cnc3c(N)nc4cc(C)ccc4c3c2)c(C)c1)OCC. The Morgan fingerprint density at radius 1 is 0.944 bits per heavy atom. The van der Waals surface area contributed by atoms with E-state index in [0.717, 1.165) is 57.1 Å². The van der Waals surface area contributed by atoms with Crippen LogP contribution in [0.15, 0.2) is 48.7 Å². The van der Waals surface area contributed by atoms with E-state index >= 15 is 0 Å². The first-order valence-electron chi connectivity index (χ1n) is 12.4. The van der Waals surface area contributed by atoms with Crippen LogP contribution in [0.4, 0.5) is 5.82 Å². The average Bonchev–Trinajstić information content (AvgIpc) is 2.83. The van der Waals surface area contributed by atoms with Crippen molar-refractivity contribution in [1.82, 2.24) is 9.97 Å². The maximum Gasteiger partial charge on any atom is 0.334 e. The molecule has 0 amide bonds. The molecule has 190 valence electrons. The number of ether oxygens (including phenoxy) is 1. The molecule has 0 spiro atoms. The van der Waals surface area contributed by atoms with Crippen molar-refractivity contribution in [1.29, 1.82) is 0 Å². The van der Waals surface area contributed by atoms with Crippen molar-refractivity contribution in [3.63, 3.8) is 0 Å². The number of pyridine rings is 2. The topological polar surface area (TPSA) is 96.6 Å². The molecule has 0 saturated carbocycles. The molecule has 2 aromatic heterocycles. The number of aromatic nitrogens is 2. The van der Waals surface area contributed by atoms with Gasteiger partial charge in [-0.05, 0) is 87.1 Å². The lowest BCUT2D eigenvalue weighted by Crippen LogP contribution is -2.08. The van der Waals surface area contributed by atoms with Gasteiger partial charge in [-0.3, -0.25) is 9.55 Å². The van der Waals surface area contributed by atoms with Gasteiger partial charge in [0.15, 0.2) is 5.82 Å². The Balaban J connectivity index is 1.43. The third-order valence-corrected chi connectivity index (χ3v) is 8.19. The quantitative estimate of drug-likeness (QED) is 0.185. The smallest absolute Gasteiger partial charge is 0.334 e. The fourth-order valence-electron chi connectivity index (χ4n) is 4.35. The normalized spacial score (nSPS) is 11.9. The zero-order chi connectivity index (χ0) is 25.7. The number of aryl methyl sites for hydroxylation is 4. The van der Waals surface area contributed by atoms with E-state index in [1.54, 1.807) is 13.8 Å². The lowest BCUT2D eigenvalue weighted by Gasteiger charge is -2.17. The Bertz CT molecular complexity index is 1410. The van der Waals surface area contributed by atoms with Gasteiger partial charge in [0.25, 0.3) is 0 Å². The summed E-state index contributed by atoms with van der Waals surface area (Å²) in [5, 5.41) is 2.10. The second kappa shape index (κ2) is 11.4. The van der Waals surface area contributed by atoms with Crippen molar-refractivity contribution >= 4 is 35.2 Å². The molecule has 0 fully saturated rings. The molecular weight excluding hydrogens is 473 g/mol. The summed E-state index contributed by atoms with van der Waals surface area (Å²) >= 11 is 0. The molecule has 0 saturated heterocycles. The van der Waals surface area contributed by atoms with Crippen LogP contribution in [-0.4, -0.2) is 36.0 Å². The molecule has 0 atom stereocenters. The molecule has 4 aromatic rings. The van der Waals surface area contributed by atoms with E-state index in [1.807, 2.05) is 18.3 Å². The van der Waals surface area contributed by atoms with Crippen LogP contribution in [0.1, 0.15) is 36.1 Å². The highest BCUT2D eigenvalue weighted by molar-refractivity contribution is 7.53. The maximum absolute atomic E-state index is 12.6. The summed E-state index contributed by atoms with van der Waals surface area (Å²) in [6.45, 7) is 8.69. The first-order valence-corrected chi connectivity index (χ1v) is 14.1. The number of nitrogen functional groups attached to an aromatic ring is 1. The average molecular weight is 508 g/mol. The van der Waals surface area contributed by atoms with Crippen molar-refractivity contribution in [3.8, 4) is 5.75 Å². The van der Waals surface area contributed by atoms with Crippen molar-refractivity contribution in [2.45, 2.75) is 40.5 Å². The summed E-state index contributed by atoms with van der Waals surface area (Å²) < 4.78 is 29.1. The highest BCUT2D eigenvalue weighted by atomic mass is 31.2. The van der Waals surface area contributed by atoms with Crippen LogP contribution in [0.25, 0.3) is 21.8 Å². The van der Waals surface area contributed by atoms with E-state index in [0.29, 0.717) is 19.0 Å². The zero-order valence-electron chi connectivity index (χ0n) is 21.4. The molecule has 0 aliphatic carbocycles. The third kappa shape index (κ3) is 6.04. The van der Waals surface area contributed by atoms with Crippen molar-refractivity contribution in [3.05, 3.63) is 70.9 Å². The van der Waals surface area contributed by atoms with E-state index in [-0.39, 0.29) is 12.8 Å². The predicted octanol–water partition coefficient (Wildman–Crippen LogP) is 6.41. The van der Waals surface area contributed by atoms with Crippen LogP contribution in [0.5, 0.6) is 5.75 Å². The molecule has 2 aromatic carbocycles. The van der Waals surface area contributed by atoms with Gasteiger partial charge in [0, 0.05) is 17.0 Å². The first kappa shape index (κ1) is 26.1. The number of rotatable bonds is 11. The first-order chi connectivity index (χ1) is 17.3. The van der Waals surface area contributed by atoms with Crippen LogP contribution >= 0.6 is 7.60 Å². The summed E-state index contributed by atoms with van der Waals surface area (Å²) in [5.41, 5.74) is 12.5. The van der Waals surface area contributed by atoms with Crippen LogP contribution < -0.4 is 10.5 Å². The van der Waals surface area contributed by atoms with Gasteiger partial charge in [0.2, 0.25) is 0 Å². The third-order valence-electron chi connectivity index (χ3n) is 6.15. The van der Waals surface area contributed by atoms with Gasteiger partial charge >= 0.3 is 7.60 Å².